The molecule has 0 spiro atoms. The molecule has 3 nitrogen and oxygen atoms in total. The molecule has 0 amide bonds. The summed E-state index contributed by atoms with van der Waals surface area (Å²) >= 11 is 0. The van der Waals surface area contributed by atoms with E-state index in [0.29, 0.717) is 12.3 Å². The molecular weight excluding hydrogens is 192 g/mol. The van der Waals surface area contributed by atoms with Gasteiger partial charge >= 0.3 is 5.97 Å². The van der Waals surface area contributed by atoms with E-state index in [1.807, 2.05) is 13.8 Å². The molecule has 2 atom stereocenters. The summed E-state index contributed by atoms with van der Waals surface area (Å²) in [6, 6.07) is 0. The van der Waals surface area contributed by atoms with Gasteiger partial charge in [-0.25, -0.2) is 0 Å². The maximum atomic E-state index is 11.6. The quantitative estimate of drug-likeness (QED) is 0.712. The molecule has 2 unspecified atom stereocenters. The largest absolute Gasteiger partial charge is 0.469 e. The number of rotatable bonds is 5. The van der Waals surface area contributed by atoms with Gasteiger partial charge < -0.3 is 9.84 Å². The Bertz CT molecular complexity index is 229. The third-order valence-electron chi connectivity index (χ3n) is 3.19. The smallest absolute Gasteiger partial charge is 0.311 e. The van der Waals surface area contributed by atoms with Crippen LogP contribution < -0.4 is 0 Å². The van der Waals surface area contributed by atoms with Gasteiger partial charge in [-0.3, -0.25) is 4.79 Å². The second-order valence-corrected chi connectivity index (χ2v) is 5.25. The van der Waals surface area contributed by atoms with Crippen LogP contribution in [0.2, 0.25) is 0 Å². The van der Waals surface area contributed by atoms with E-state index in [2.05, 4.69) is 0 Å². The van der Waals surface area contributed by atoms with E-state index in [9.17, 15) is 9.90 Å². The Morgan fingerprint density at radius 2 is 2.07 bits per heavy atom. The Hall–Kier alpha value is -0.570. The van der Waals surface area contributed by atoms with Gasteiger partial charge in [0.15, 0.2) is 0 Å². The first-order valence-corrected chi connectivity index (χ1v) is 5.68. The molecule has 3 heteroatoms. The molecule has 0 heterocycles. The molecule has 1 fully saturated rings. The van der Waals surface area contributed by atoms with E-state index < -0.39 is 11.5 Å². The molecule has 88 valence electrons. The predicted molar refractivity (Wildman–Crippen MR) is 58.3 cm³/mol. The summed E-state index contributed by atoms with van der Waals surface area (Å²) in [6.07, 6.45) is 3.08. The number of esters is 1. The zero-order valence-corrected chi connectivity index (χ0v) is 10.1. The molecule has 0 aromatic rings. The van der Waals surface area contributed by atoms with Gasteiger partial charge in [0.05, 0.1) is 18.6 Å². The summed E-state index contributed by atoms with van der Waals surface area (Å²) in [5, 5.41) is 10.4. The zero-order chi connectivity index (χ0) is 11.6. The first-order valence-electron chi connectivity index (χ1n) is 5.68. The average molecular weight is 214 g/mol. The van der Waals surface area contributed by atoms with Crippen LogP contribution in [0.15, 0.2) is 0 Å². The third kappa shape index (κ3) is 3.20. The Morgan fingerprint density at radius 3 is 2.40 bits per heavy atom. The van der Waals surface area contributed by atoms with Gasteiger partial charge in [-0.15, -0.1) is 0 Å². The lowest BCUT2D eigenvalue weighted by atomic mass is 9.78. The monoisotopic (exact) mass is 214 g/mol. The summed E-state index contributed by atoms with van der Waals surface area (Å²) < 4.78 is 4.76. The van der Waals surface area contributed by atoms with E-state index >= 15 is 0 Å². The van der Waals surface area contributed by atoms with E-state index in [-0.39, 0.29) is 11.9 Å². The predicted octanol–water partition coefficient (Wildman–Crippen LogP) is 1.98. The van der Waals surface area contributed by atoms with Crippen LogP contribution in [0.1, 0.15) is 40.0 Å². The van der Waals surface area contributed by atoms with E-state index in [1.165, 1.54) is 20.0 Å². The van der Waals surface area contributed by atoms with Gasteiger partial charge in [0, 0.05) is 0 Å². The summed E-state index contributed by atoms with van der Waals surface area (Å²) in [5.41, 5.74) is -0.928. The van der Waals surface area contributed by atoms with Gasteiger partial charge in [0.2, 0.25) is 0 Å². The summed E-state index contributed by atoms with van der Waals surface area (Å²) in [7, 11) is 1.38. The Kier molecular flexibility index (Phi) is 3.77. The van der Waals surface area contributed by atoms with Crippen LogP contribution >= 0.6 is 0 Å². The lowest BCUT2D eigenvalue weighted by Gasteiger charge is -2.33. The second kappa shape index (κ2) is 4.52. The van der Waals surface area contributed by atoms with Gasteiger partial charge in [0.1, 0.15) is 0 Å². The topological polar surface area (TPSA) is 46.5 Å². The number of aliphatic hydroxyl groups is 1. The summed E-state index contributed by atoms with van der Waals surface area (Å²) in [4.78, 5) is 11.6. The highest BCUT2D eigenvalue weighted by atomic mass is 16.5. The number of hydrogen-bond acceptors (Lipinski definition) is 3. The number of hydrogen-bond donors (Lipinski definition) is 1. The summed E-state index contributed by atoms with van der Waals surface area (Å²) in [6.45, 7) is 5.65. The average Bonchev–Trinajstić information content (AvgIpc) is 2.85. The van der Waals surface area contributed by atoms with Crippen molar-refractivity contribution in [2.24, 2.45) is 17.8 Å². The molecule has 0 aromatic heterocycles. The zero-order valence-electron chi connectivity index (χ0n) is 10.1. The Morgan fingerprint density at radius 1 is 1.53 bits per heavy atom. The standard InChI is InChI=1S/C12H22O3/c1-8(2)10(11(13)15-4)12(3,14)7-9-5-6-9/h8-10,14H,5-7H2,1-4H3. The number of carbonyl (C=O) groups excluding carboxylic acids is 1. The lowest BCUT2D eigenvalue weighted by molar-refractivity contribution is -0.158. The van der Waals surface area contributed by atoms with Gasteiger partial charge in [-0.1, -0.05) is 26.7 Å². The van der Waals surface area contributed by atoms with Crippen LogP contribution in [0.5, 0.6) is 0 Å². The molecule has 1 saturated carbocycles. The van der Waals surface area contributed by atoms with Crippen molar-refractivity contribution in [3.8, 4) is 0 Å². The lowest BCUT2D eigenvalue weighted by Crippen LogP contribution is -2.43. The SMILES string of the molecule is COC(=O)C(C(C)C)C(C)(O)CC1CC1. The van der Waals surface area contributed by atoms with Crippen LogP contribution in [0.3, 0.4) is 0 Å². The van der Waals surface area contributed by atoms with Gasteiger partial charge in [-0.05, 0) is 25.2 Å². The fraction of sp³-hybridized carbons (Fsp3) is 0.917. The van der Waals surface area contributed by atoms with Crippen molar-refractivity contribution in [1.82, 2.24) is 0 Å². The minimum absolute atomic E-state index is 0.103. The highest BCUT2D eigenvalue weighted by Crippen LogP contribution is 2.41. The molecule has 15 heavy (non-hydrogen) atoms. The van der Waals surface area contributed by atoms with E-state index in [1.54, 1.807) is 6.92 Å². The molecule has 0 bridgehead atoms. The molecule has 1 aliphatic rings. The third-order valence-corrected chi connectivity index (χ3v) is 3.19. The van der Waals surface area contributed by atoms with Crippen LogP contribution in [-0.2, 0) is 9.53 Å². The van der Waals surface area contributed by atoms with Gasteiger partial charge in [-0.2, -0.15) is 0 Å². The van der Waals surface area contributed by atoms with Crippen molar-refractivity contribution < 1.29 is 14.6 Å². The fourth-order valence-corrected chi connectivity index (χ4v) is 2.40. The van der Waals surface area contributed by atoms with Crippen molar-refractivity contribution in [3.63, 3.8) is 0 Å². The molecule has 1 N–H and O–H groups in total. The molecule has 0 saturated heterocycles. The normalized spacial score (nSPS) is 22.3. The van der Waals surface area contributed by atoms with Crippen molar-refractivity contribution in [2.45, 2.75) is 45.6 Å². The van der Waals surface area contributed by atoms with Crippen molar-refractivity contribution in [1.29, 1.82) is 0 Å². The second-order valence-electron chi connectivity index (χ2n) is 5.25. The molecule has 0 radical (unpaired) electrons. The maximum absolute atomic E-state index is 11.6. The molecule has 1 rings (SSSR count). The highest BCUT2D eigenvalue weighted by molar-refractivity contribution is 5.74. The summed E-state index contributed by atoms with van der Waals surface area (Å²) in [5.74, 6) is -0.00384. The first-order chi connectivity index (χ1) is 6.88. The molecule has 0 aliphatic heterocycles. The number of methoxy groups -OCH3 is 1. The minimum atomic E-state index is -0.928. The number of carbonyl (C=O) groups is 1. The Labute approximate surface area is 91.8 Å². The fourth-order valence-electron chi connectivity index (χ4n) is 2.40. The van der Waals surface area contributed by atoms with Crippen LogP contribution in [0.25, 0.3) is 0 Å². The Balaban J connectivity index is 2.71. The van der Waals surface area contributed by atoms with Crippen molar-refractivity contribution in [2.75, 3.05) is 7.11 Å². The van der Waals surface area contributed by atoms with Crippen LogP contribution in [0, 0.1) is 17.8 Å². The van der Waals surface area contributed by atoms with Gasteiger partial charge in [0.25, 0.3) is 0 Å². The van der Waals surface area contributed by atoms with Crippen LogP contribution in [0.4, 0.5) is 0 Å². The molecular formula is C12H22O3. The van der Waals surface area contributed by atoms with Crippen LogP contribution in [-0.4, -0.2) is 23.8 Å². The minimum Gasteiger partial charge on any atom is -0.469 e. The molecule has 1 aliphatic carbocycles. The molecule has 0 aromatic carbocycles. The van der Waals surface area contributed by atoms with Crippen molar-refractivity contribution >= 4 is 5.97 Å². The highest BCUT2D eigenvalue weighted by Gasteiger charge is 2.43. The maximum Gasteiger partial charge on any atom is 0.311 e. The van der Waals surface area contributed by atoms with Crippen molar-refractivity contribution in [3.05, 3.63) is 0 Å². The first kappa shape index (κ1) is 12.5. The van der Waals surface area contributed by atoms with E-state index in [4.69, 9.17) is 4.74 Å². The van der Waals surface area contributed by atoms with E-state index in [0.717, 1.165) is 0 Å². The number of ether oxygens (including phenoxy) is 1.